The molecule has 0 radical (unpaired) electrons. The average molecular weight is 156 g/mol. The van der Waals surface area contributed by atoms with Crippen molar-refractivity contribution in [1.82, 2.24) is 5.32 Å². The minimum Gasteiger partial charge on any atom is -0.495 e. The van der Waals surface area contributed by atoms with E-state index in [2.05, 4.69) is 11.9 Å². The summed E-state index contributed by atoms with van der Waals surface area (Å²) in [6.45, 7) is 5.39. The summed E-state index contributed by atoms with van der Waals surface area (Å²) in [6, 6.07) is 0. The van der Waals surface area contributed by atoms with Gasteiger partial charge in [-0.3, -0.25) is 0 Å². The second-order valence-corrected chi connectivity index (χ2v) is 2.04. The van der Waals surface area contributed by atoms with Crippen LogP contribution in [-0.4, -0.2) is 26.7 Å². The number of ether oxygens (including phenoxy) is 1. The van der Waals surface area contributed by atoms with Gasteiger partial charge in [-0.25, -0.2) is 0 Å². The number of hydrogen-bond acceptors (Lipinski definition) is 3. The van der Waals surface area contributed by atoms with E-state index >= 15 is 0 Å². The quantitative estimate of drug-likeness (QED) is 0.428. The molecule has 0 fully saturated rings. The Morgan fingerprint density at radius 1 is 1.73 bits per heavy atom. The van der Waals surface area contributed by atoms with Crippen molar-refractivity contribution in [1.29, 1.82) is 0 Å². The van der Waals surface area contributed by atoms with Gasteiger partial charge in [-0.15, -0.1) is 0 Å². The maximum absolute atomic E-state index is 5.27. The summed E-state index contributed by atoms with van der Waals surface area (Å²) in [5.74, 6) is 0.868. The van der Waals surface area contributed by atoms with Gasteiger partial charge in [0.1, 0.15) is 5.76 Å². The third kappa shape index (κ3) is 5.63. The maximum Gasteiger partial charge on any atom is 0.110 e. The van der Waals surface area contributed by atoms with Crippen molar-refractivity contribution < 1.29 is 4.74 Å². The minimum atomic E-state index is 0.540. The monoisotopic (exact) mass is 156 g/mol. The topological polar surface area (TPSA) is 47.3 Å². The summed E-state index contributed by atoms with van der Waals surface area (Å²) in [4.78, 5) is 0. The van der Waals surface area contributed by atoms with Crippen molar-refractivity contribution in [2.24, 2.45) is 5.73 Å². The van der Waals surface area contributed by atoms with Crippen molar-refractivity contribution in [3.63, 3.8) is 0 Å². The van der Waals surface area contributed by atoms with E-state index in [0.29, 0.717) is 19.7 Å². The first-order valence-electron chi connectivity index (χ1n) is 3.64. The maximum atomic E-state index is 5.27. The Balaban J connectivity index is 3.69. The van der Waals surface area contributed by atoms with E-state index in [0.717, 1.165) is 5.76 Å². The molecule has 0 aromatic carbocycles. The van der Waals surface area contributed by atoms with E-state index in [-0.39, 0.29) is 0 Å². The van der Waals surface area contributed by atoms with Crippen LogP contribution in [0, 0.1) is 0 Å². The van der Waals surface area contributed by atoms with Gasteiger partial charge in [0.25, 0.3) is 0 Å². The SMILES string of the molecule is C=C/C=C(/CNC)OCCN. The molecule has 0 aromatic rings. The molecule has 0 spiro atoms. The fourth-order valence-corrected chi connectivity index (χ4v) is 0.654. The van der Waals surface area contributed by atoms with Crippen LogP contribution in [0.3, 0.4) is 0 Å². The number of likely N-dealkylation sites (N-methyl/N-ethyl adjacent to an activating group) is 1. The summed E-state index contributed by atoms with van der Waals surface area (Å²) < 4.78 is 5.27. The highest BCUT2D eigenvalue weighted by Gasteiger charge is 1.92. The highest BCUT2D eigenvalue weighted by Crippen LogP contribution is 1.94. The fourth-order valence-electron chi connectivity index (χ4n) is 0.654. The molecule has 0 unspecified atom stereocenters. The molecule has 3 heteroatoms. The molecule has 0 aliphatic heterocycles. The highest BCUT2D eigenvalue weighted by atomic mass is 16.5. The molecule has 11 heavy (non-hydrogen) atoms. The van der Waals surface area contributed by atoms with Crippen LogP contribution in [0.25, 0.3) is 0 Å². The highest BCUT2D eigenvalue weighted by molar-refractivity contribution is 5.05. The van der Waals surface area contributed by atoms with Gasteiger partial charge in [-0.1, -0.05) is 12.7 Å². The second kappa shape index (κ2) is 7.31. The lowest BCUT2D eigenvalue weighted by molar-refractivity contribution is 0.214. The molecule has 0 saturated heterocycles. The number of rotatable bonds is 6. The van der Waals surface area contributed by atoms with Crippen LogP contribution in [0.4, 0.5) is 0 Å². The predicted octanol–water partition coefficient (Wildman–Crippen LogP) is 0.251. The number of nitrogens with two attached hydrogens (primary N) is 1. The molecule has 0 heterocycles. The van der Waals surface area contributed by atoms with Gasteiger partial charge >= 0.3 is 0 Å². The first-order valence-corrected chi connectivity index (χ1v) is 3.64. The van der Waals surface area contributed by atoms with Crippen LogP contribution >= 0.6 is 0 Å². The zero-order valence-electron chi connectivity index (χ0n) is 6.97. The summed E-state index contributed by atoms with van der Waals surface area (Å²) >= 11 is 0. The molecule has 64 valence electrons. The Kier molecular flexibility index (Phi) is 6.78. The smallest absolute Gasteiger partial charge is 0.110 e. The van der Waals surface area contributed by atoms with Crippen LogP contribution in [0.15, 0.2) is 24.5 Å². The molecular weight excluding hydrogens is 140 g/mol. The lowest BCUT2D eigenvalue weighted by Gasteiger charge is -2.07. The molecule has 0 aliphatic carbocycles. The molecule has 3 N–H and O–H groups in total. The Morgan fingerprint density at radius 2 is 2.45 bits per heavy atom. The number of nitrogens with one attached hydrogen (secondary N) is 1. The standard InChI is InChI=1S/C8H16N2O/c1-3-4-8(7-10-2)11-6-5-9/h3-4,10H,1,5-7,9H2,2H3/b8-4-. The van der Waals surface area contributed by atoms with E-state index in [1.54, 1.807) is 6.08 Å². The summed E-state index contributed by atoms with van der Waals surface area (Å²) in [6.07, 6.45) is 3.52. The van der Waals surface area contributed by atoms with E-state index in [4.69, 9.17) is 10.5 Å². The normalized spacial score (nSPS) is 11.3. The Morgan fingerprint density at radius 3 is 2.91 bits per heavy atom. The lowest BCUT2D eigenvalue weighted by atomic mass is 10.4. The summed E-state index contributed by atoms with van der Waals surface area (Å²) in [5.41, 5.74) is 5.27. The van der Waals surface area contributed by atoms with E-state index in [1.165, 1.54) is 0 Å². The van der Waals surface area contributed by atoms with Gasteiger partial charge < -0.3 is 15.8 Å². The van der Waals surface area contributed by atoms with Gasteiger partial charge in [0, 0.05) is 6.54 Å². The van der Waals surface area contributed by atoms with Gasteiger partial charge in [-0.05, 0) is 13.1 Å². The predicted molar refractivity (Wildman–Crippen MR) is 47.2 cm³/mol. The van der Waals surface area contributed by atoms with E-state index in [1.807, 2.05) is 13.1 Å². The van der Waals surface area contributed by atoms with Crippen LogP contribution in [0.2, 0.25) is 0 Å². The Labute approximate surface area is 67.9 Å². The van der Waals surface area contributed by atoms with Gasteiger partial charge in [0.2, 0.25) is 0 Å². The molecule has 3 nitrogen and oxygen atoms in total. The summed E-state index contributed by atoms with van der Waals surface area (Å²) in [5, 5.41) is 2.98. The third-order valence-corrected chi connectivity index (χ3v) is 1.06. The van der Waals surface area contributed by atoms with Crippen molar-refractivity contribution in [3.05, 3.63) is 24.5 Å². The van der Waals surface area contributed by atoms with Crippen LogP contribution in [0.1, 0.15) is 0 Å². The molecule has 0 bridgehead atoms. The third-order valence-electron chi connectivity index (χ3n) is 1.06. The summed E-state index contributed by atoms with van der Waals surface area (Å²) in [7, 11) is 1.86. The molecule has 0 amide bonds. The van der Waals surface area contributed by atoms with Crippen LogP contribution in [-0.2, 0) is 4.74 Å². The molecule has 0 aromatic heterocycles. The van der Waals surface area contributed by atoms with E-state index in [9.17, 15) is 0 Å². The minimum absolute atomic E-state index is 0.540. The molecule has 0 rings (SSSR count). The fraction of sp³-hybridized carbons (Fsp3) is 0.500. The number of hydrogen-bond donors (Lipinski definition) is 2. The van der Waals surface area contributed by atoms with Crippen LogP contribution in [0.5, 0.6) is 0 Å². The van der Waals surface area contributed by atoms with Gasteiger partial charge in [0.15, 0.2) is 0 Å². The Hall–Kier alpha value is -0.800. The first-order chi connectivity index (χ1) is 5.35. The Bertz CT molecular complexity index is 132. The zero-order valence-corrected chi connectivity index (χ0v) is 6.97. The molecule has 0 atom stereocenters. The first kappa shape index (κ1) is 10.2. The van der Waals surface area contributed by atoms with Crippen molar-refractivity contribution in [3.8, 4) is 0 Å². The largest absolute Gasteiger partial charge is 0.495 e. The van der Waals surface area contributed by atoms with E-state index < -0.39 is 0 Å². The van der Waals surface area contributed by atoms with Crippen LogP contribution < -0.4 is 11.1 Å². The van der Waals surface area contributed by atoms with Gasteiger partial charge in [0.05, 0.1) is 13.2 Å². The average Bonchev–Trinajstić information content (AvgIpc) is 2.01. The molecular formula is C8H16N2O. The van der Waals surface area contributed by atoms with Gasteiger partial charge in [-0.2, -0.15) is 0 Å². The number of allylic oxidation sites excluding steroid dienone is 2. The molecule has 0 aliphatic rings. The van der Waals surface area contributed by atoms with Crippen molar-refractivity contribution in [2.45, 2.75) is 0 Å². The molecule has 0 saturated carbocycles. The zero-order chi connectivity index (χ0) is 8.53. The second-order valence-electron chi connectivity index (χ2n) is 2.04. The van der Waals surface area contributed by atoms with Crippen molar-refractivity contribution >= 4 is 0 Å². The van der Waals surface area contributed by atoms with Crippen molar-refractivity contribution in [2.75, 3.05) is 26.7 Å². The lowest BCUT2D eigenvalue weighted by Crippen LogP contribution is -2.15.